The summed E-state index contributed by atoms with van der Waals surface area (Å²) >= 11 is 0. The highest BCUT2D eigenvalue weighted by molar-refractivity contribution is 5.94. The standard InChI is InChI=1S/C32H35FN4O5/c1-17-21-13-10-14-41-28(21)23(33)15-22(17)27-26(29(31(39)40)42-32(4,5)6)19(3)34-25-16-24(36-37(25)27)30(38)35-18(2)20-11-8-7-9-12-20/h7-9,11-12,15-16,18,29H,10,13-14H2,1-6H3,(H,35,38)(H,39,40)/t18?,29-/m0/s1. The molecule has 4 aromatic rings. The Hall–Kier alpha value is -4.31. The summed E-state index contributed by atoms with van der Waals surface area (Å²) in [5.74, 6) is -1.99. The number of ether oxygens (including phenoxy) is 2. The second kappa shape index (κ2) is 11.2. The van der Waals surface area contributed by atoms with Gasteiger partial charge < -0.3 is 19.9 Å². The van der Waals surface area contributed by atoms with Crippen LogP contribution in [0.15, 0.2) is 42.5 Å². The molecule has 0 saturated carbocycles. The monoisotopic (exact) mass is 574 g/mol. The highest BCUT2D eigenvalue weighted by atomic mass is 19.1. The van der Waals surface area contributed by atoms with Gasteiger partial charge in [0.15, 0.2) is 29.0 Å². The number of benzene rings is 2. The Bertz CT molecular complexity index is 1680. The summed E-state index contributed by atoms with van der Waals surface area (Å²) in [7, 11) is 0. The van der Waals surface area contributed by atoms with Crippen LogP contribution in [0, 0.1) is 19.7 Å². The predicted molar refractivity (Wildman–Crippen MR) is 155 cm³/mol. The van der Waals surface area contributed by atoms with Crippen molar-refractivity contribution in [2.45, 2.75) is 72.1 Å². The fourth-order valence-corrected chi connectivity index (χ4v) is 5.40. The minimum atomic E-state index is -1.44. The molecule has 1 amide bonds. The van der Waals surface area contributed by atoms with E-state index in [1.165, 1.54) is 10.6 Å². The van der Waals surface area contributed by atoms with Crippen molar-refractivity contribution >= 4 is 17.5 Å². The number of fused-ring (bicyclic) bond motifs is 2. The topological polar surface area (TPSA) is 115 Å². The molecule has 0 bridgehead atoms. The SMILES string of the molecule is Cc1nc2cc(C(=O)NC(C)c3ccccc3)nn2c(-c2cc(F)c3c(c2C)CCCO3)c1[C@H](OC(C)(C)C)C(=O)O. The molecule has 0 fully saturated rings. The molecule has 220 valence electrons. The lowest BCUT2D eigenvalue weighted by atomic mass is 9.91. The number of hydrogen-bond donors (Lipinski definition) is 2. The Kier molecular flexibility index (Phi) is 7.76. The minimum absolute atomic E-state index is 0.0890. The second-order valence-corrected chi connectivity index (χ2v) is 11.6. The van der Waals surface area contributed by atoms with Crippen LogP contribution in [0.3, 0.4) is 0 Å². The van der Waals surface area contributed by atoms with Gasteiger partial charge in [-0.3, -0.25) is 4.79 Å². The number of nitrogens with zero attached hydrogens (tertiary/aromatic N) is 3. The summed E-state index contributed by atoms with van der Waals surface area (Å²) in [5, 5.41) is 17.9. The van der Waals surface area contributed by atoms with Crippen molar-refractivity contribution in [3.63, 3.8) is 0 Å². The van der Waals surface area contributed by atoms with Crippen molar-refractivity contribution in [1.82, 2.24) is 19.9 Å². The van der Waals surface area contributed by atoms with Crippen LogP contribution in [-0.4, -0.2) is 43.8 Å². The molecule has 0 saturated heterocycles. The van der Waals surface area contributed by atoms with Gasteiger partial charge in [-0.2, -0.15) is 5.10 Å². The zero-order valence-electron chi connectivity index (χ0n) is 24.6. The summed E-state index contributed by atoms with van der Waals surface area (Å²) in [6.45, 7) is 11.1. The van der Waals surface area contributed by atoms with E-state index in [9.17, 15) is 14.7 Å². The van der Waals surface area contributed by atoms with Gasteiger partial charge in [0.05, 0.1) is 23.9 Å². The normalized spacial score (nSPS) is 14.6. The van der Waals surface area contributed by atoms with Crippen LogP contribution in [0.1, 0.15) is 84.7 Å². The molecule has 9 nitrogen and oxygen atoms in total. The molecule has 1 aliphatic rings. The number of nitrogens with one attached hydrogen (secondary N) is 1. The molecule has 42 heavy (non-hydrogen) atoms. The van der Waals surface area contributed by atoms with Crippen molar-refractivity contribution in [3.05, 3.63) is 81.9 Å². The summed E-state index contributed by atoms with van der Waals surface area (Å²) in [6, 6.07) is 12.1. The maximum atomic E-state index is 15.5. The lowest BCUT2D eigenvalue weighted by Crippen LogP contribution is -2.29. The average Bonchev–Trinajstić information content (AvgIpc) is 3.37. The zero-order valence-corrected chi connectivity index (χ0v) is 24.6. The van der Waals surface area contributed by atoms with Gasteiger partial charge in [-0.15, -0.1) is 0 Å². The molecule has 2 N–H and O–H groups in total. The van der Waals surface area contributed by atoms with E-state index < -0.39 is 29.4 Å². The fourth-order valence-electron chi connectivity index (χ4n) is 5.40. The number of halogens is 1. The van der Waals surface area contributed by atoms with Crippen LogP contribution in [0.4, 0.5) is 4.39 Å². The van der Waals surface area contributed by atoms with E-state index in [0.29, 0.717) is 35.6 Å². The quantitative estimate of drug-likeness (QED) is 0.282. The maximum Gasteiger partial charge on any atom is 0.337 e. The molecule has 10 heteroatoms. The summed E-state index contributed by atoms with van der Waals surface area (Å²) in [4.78, 5) is 30.6. The van der Waals surface area contributed by atoms with Crippen molar-refractivity contribution in [2.75, 3.05) is 6.61 Å². The van der Waals surface area contributed by atoms with Crippen molar-refractivity contribution in [1.29, 1.82) is 0 Å². The van der Waals surface area contributed by atoms with Gasteiger partial charge >= 0.3 is 5.97 Å². The maximum absolute atomic E-state index is 15.5. The van der Waals surface area contributed by atoms with Crippen molar-refractivity contribution < 1.29 is 28.6 Å². The highest BCUT2D eigenvalue weighted by Gasteiger charge is 2.35. The van der Waals surface area contributed by atoms with Crippen LogP contribution < -0.4 is 10.1 Å². The van der Waals surface area contributed by atoms with E-state index in [2.05, 4.69) is 15.4 Å². The molecule has 2 aromatic heterocycles. The summed E-state index contributed by atoms with van der Waals surface area (Å²) < 4.78 is 28.6. The highest BCUT2D eigenvalue weighted by Crippen LogP contribution is 2.41. The first-order valence-electron chi connectivity index (χ1n) is 14.0. The van der Waals surface area contributed by atoms with Gasteiger partial charge in [0, 0.05) is 28.5 Å². The molecular weight excluding hydrogens is 539 g/mol. The Balaban J connectivity index is 1.73. The number of carbonyl (C=O) groups is 2. The lowest BCUT2D eigenvalue weighted by Gasteiger charge is -2.28. The number of carbonyl (C=O) groups excluding carboxylic acids is 1. The van der Waals surface area contributed by atoms with E-state index >= 15 is 4.39 Å². The van der Waals surface area contributed by atoms with Crippen molar-refractivity contribution in [3.8, 4) is 17.0 Å². The van der Waals surface area contributed by atoms with Gasteiger partial charge in [-0.1, -0.05) is 30.3 Å². The van der Waals surface area contributed by atoms with E-state index in [1.807, 2.05) is 44.2 Å². The van der Waals surface area contributed by atoms with Gasteiger partial charge in [-0.05, 0) is 71.6 Å². The number of amides is 1. The molecule has 1 unspecified atom stereocenters. The first-order chi connectivity index (χ1) is 19.9. The number of carboxylic acids is 1. The number of rotatable bonds is 7. The van der Waals surface area contributed by atoms with Crippen LogP contribution in [0.25, 0.3) is 16.9 Å². The average molecular weight is 575 g/mol. The van der Waals surface area contributed by atoms with Gasteiger partial charge in [0.2, 0.25) is 0 Å². The Labute approximate surface area is 243 Å². The minimum Gasteiger partial charge on any atom is -0.490 e. The number of aliphatic carboxylic acids is 1. The number of carboxylic acid groups (broad SMARTS) is 1. The third kappa shape index (κ3) is 5.59. The third-order valence-corrected chi connectivity index (χ3v) is 7.36. The third-order valence-electron chi connectivity index (χ3n) is 7.36. The van der Waals surface area contributed by atoms with E-state index in [-0.39, 0.29) is 23.0 Å². The van der Waals surface area contributed by atoms with Crippen LogP contribution in [0.2, 0.25) is 0 Å². The number of aromatic nitrogens is 3. The van der Waals surface area contributed by atoms with Crippen LogP contribution in [0.5, 0.6) is 5.75 Å². The first kappa shape index (κ1) is 29.2. The molecule has 0 spiro atoms. The van der Waals surface area contributed by atoms with E-state index in [1.54, 1.807) is 33.8 Å². The van der Waals surface area contributed by atoms with Crippen LogP contribution >= 0.6 is 0 Å². The Morgan fingerprint density at radius 1 is 1.17 bits per heavy atom. The van der Waals surface area contributed by atoms with Gasteiger partial charge in [-0.25, -0.2) is 18.7 Å². The zero-order chi connectivity index (χ0) is 30.3. The molecular formula is C32H35FN4O5. The smallest absolute Gasteiger partial charge is 0.337 e. The largest absolute Gasteiger partial charge is 0.490 e. The summed E-state index contributed by atoms with van der Waals surface area (Å²) in [5.41, 5.74) is 3.29. The molecule has 2 aromatic carbocycles. The molecule has 3 heterocycles. The van der Waals surface area contributed by atoms with E-state index in [0.717, 1.165) is 23.1 Å². The Morgan fingerprint density at radius 2 is 1.88 bits per heavy atom. The molecule has 2 atom stereocenters. The molecule has 0 radical (unpaired) electrons. The summed E-state index contributed by atoms with van der Waals surface area (Å²) in [6.07, 6.45) is -0.101. The second-order valence-electron chi connectivity index (χ2n) is 11.6. The predicted octanol–water partition coefficient (Wildman–Crippen LogP) is 5.91. The number of aryl methyl sites for hydroxylation is 1. The van der Waals surface area contributed by atoms with Gasteiger partial charge in [0.25, 0.3) is 5.91 Å². The van der Waals surface area contributed by atoms with Gasteiger partial charge in [0.1, 0.15) is 0 Å². The molecule has 5 rings (SSSR count). The van der Waals surface area contributed by atoms with E-state index in [4.69, 9.17) is 9.47 Å². The molecule has 0 aliphatic carbocycles. The Morgan fingerprint density at radius 3 is 2.55 bits per heavy atom. The molecule has 1 aliphatic heterocycles. The fraction of sp³-hybridized carbons (Fsp3) is 0.375. The van der Waals surface area contributed by atoms with Crippen LogP contribution in [-0.2, 0) is 16.0 Å². The first-order valence-corrected chi connectivity index (χ1v) is 14.0. The number of hydrogen-bond acceptors (Lipinski definition) is 6. The van der Waals surface area contributed by atoms with Crippen molar-refractivity contribution in [2.24, 2.45) is 0 Å². The lowest BCUT2D eigenvalue weighted by molar-refractivity contribution is -0.160.